The first-order valence-electron chi connectivity index (χ1n) is 7.38. The molecule has 1 unspecified atom stereocenters. The maximum Gasteiger partial charge on any atom is 0.243 e. The van der Waals surface area contributed by atoms with E-state index in [1.807, 2.05) is 17.8 Å². The molecular weight excluding hydrogens is 336 g/mol. The Morgan fingerprint density at radius 3 is 2.83 bits per heavy atom. The molecule has 9 heteroatoms. The summed E-state index contributed by atoms with van der Waals surface area (Å²) in [6.07, 6.45) is 6.15. The van der Waals surface area contributed by atoms with Crippen molar-refractivity contribution in [1.29, 1.82) is 0 Å². The van der Waals surface area contributed by atoms with Crippen LogP contribution in [0.15, 0.2) is 40.3 Å². The number of furan rings is 1. The van der Waals surface area contributed by atoms with Gasteiger partial charge in [-0.3, -0.25) is 9.58 Å². The molecule has 0 saturated carbocycles. The highest BCUT2D eigenvalue weighted by Crippen LogP contribution is 2.24. The van der Waals surface area contributed by atoms with Crippen molar-refractivity contribution in [2.24, 2.45) is 7.05 Å². The molecule has 1 fully saturated rings. The number of aryl methyl sites for hydroxylation is 1. The van der Waals surface area contributed by atoms with Crippen molar-refractivity contribution in [2.45, 2.75) is 10.9 Å². The number of rotatable bonds is 6. The molecule has 1 aliphatic rings. The van der Waals surface area contributed by atoms with Crippen molar-refractivity contribution in [1.82, 2.24) is 19.4 Å². The number of hydrogen-bond acceptors (Lipinski definition) is 6. The van der Waals surface area contributed by atoms with Crippen LogP contribution < -0.4 is 4.72 Å². The highest BCUT2D eigenvalue weighted by molar-refractivity contribution is 7.99. The molecule has 0 aliphatic carbocycles. The zero-order chi connectivity index (χ0) is 16.3. The van der Waals surface area contributed by atoms with E-state index in [0.717, 1.165) is 30.2 Å². The van der Waals surface area contributed by atoms with Gasteiger partial charge in [0.25, 0.3) is 0 Å². The van der Waals surface area contributed by atoms with Crippen LogP contribution in [-0.2, 0) is 17.1 Å². The molecule has 3 rings (SSSR count). The lowest BCUT2D eigenvalue weighted by atomic mass is 10.1. The van der Waals surface area contributed by atoms with Crippen molar-refractivity contribution in [3.63, 3.8) is 0 Å². The monoisotopic (exact) mass is 356 g/mol. The predicted molar refractivity (Wildman–Crippen MR) is 88.7 cm³/mol. The second-order valence-corrected chi connectivity index (χ2v) is 8.41. The van der Waals surface area contributed by atoms with Crippen LogP contribution in [0.3, 0.4) is 0 Å². The number of nitrogens with zero attached hydrogens (tertiary/aromatic N) is 3. The van der Waals surface area contributed by atoms with E-state index in [0.29, 0.717) is 6.54 Å². The molecule has 2 aromatic heterocycles. The fraction of sp³-hybridized carbons (Fsp3) is 0.500. The fourth-order valence-electron chi connectivity index (χ4n) is 2.62. The van der Waals surface area contributed by atoms with Crippen LogP contribution in [0, 0.1) is 0 Å². The summed E-state index contributed by atoms with van der Waals surface area (Å²) >= 11 is 1.92. The van der Waals surface area contributed by atoms with Crippen molar-refractivity contribution in [3.8, 4) is 0 Å². The third-order valence-electron chi connectivity index (χ3n) is 3.87. The molecule has 2 aromatic rings. The SMILES string of the molecule is Cn1cc(S(=O)(=O)NCC(c2ccoc2)N2CCSCC2)cn1. The molecule has 1 saturated heterocycles. The van der Waals surface area contributed by atoms with E-state index in [1.54, 1.807) is 19.6 Å². The Morgan fingerprint density at radius 1 is 1.43 bits per heavy atom. The maximum absolute atomic E-state index is 12.4. The lowest BCUT2D eigenvalue weighted by molar-refractivity contribution is 0.218. The summed E-state index contributed by atoms with van der Waals surface area (Å²) in [5.41, 5.74) is 0.991. The van der Waals surface area contributed by atoms with Gasteiger partial charge in [-0.05, 0) is 6.07 Å². The molecule has 1 N–H and O–H groups in total. The van der Waals surface area contributed by atoms with Gasteiger partial charge in [0.05, 0.1) is 24.8 Å². The van der Waals surface area contributed by atoms with E-state index >= 15 is 0 Å². The molecule has 0 bridgehead atoms. The normalized spacial score (nSPS) is 18.1. The van der Waals surface area contributed by atoms with Gasteiger partial charge in [0.2, 0.25) is 10.0 Å². The van der Waals surface area contributed by atoms with Crippen molar-refractivity contribution in [3.05, 3.63) is 36.5 Å². The molecule has 126 valence electrons. The van der Waals surface area contributed by atoms with Crippen molar-refractivity contribution < 1.29 is 12.8 Å². The van der Waals surface area contributed by atoms with Gasteiger partial charge in [-0.2, -0.15) is 16.9 Å². The van der Waals surface area contributed by atoms with Crippen LogP contribution >= 0.6 is 11.8 Å². The van der Waals surface area contributed by atoms with E-state index in [-0.39, 0.29) is 10.9 Å². The number of nitrogens with one attached hydrogen (secondary N) is 1. The molecule has 0 aromatic carbocycles. The molecule has 0 radical (unpaired) electrons. The van der Waals surface area contributed by atoms with Gasteiger partial charge >= 0.3 is 0 Å². The van der Waals surface area contributed by atoms with Crippen molar-refractivity contribution in [2.75, 3.05) is 31.1 Å². The Labute approximate surface area is 140 Å². The lowest BCUT2D eigenvalue weighted by Gasteiger charge is -2.33. The summed E-state index contributed by atoms with van der Waals surface area (Å²) in [4.78, 5) is 2.48. The smallest absolute Gasteiger partial charge is 0.243 e. The Bertz CT molecular complexity index is 721. The minimum atomic E-state index is -3.56. The first-order valence-corrected chi connectivity index (χ1v) is 10.0. The number of aromatic nitrogens is 2. The first-order chi connectivity index (χ1) is 11.1. The maximum atomic E-state index is 12.4. The second kappa shape index (κ2) is 7.08. The summed E-state index contributed by atoms with van der Waals surface area (Å²) in [5, 5.41) is 3.92. The predicted octanol–water partition coefficient (Wildman–Crippen LogP) is 1.08. The second-order valence-electron chi connectivity index (χ2n) is 5.42. The quantitative estimate of drug-likeness (QED) is 0.834. The van der Waals surface area contributed by atoms with Crippen LogP contribution in [0.5, 0.6) is 0 Å². The minimum Gasteiger partial charge on any atom is -0.472 e. The van der Waals surface area contributed by atoms with E-state index in [9.17, 15) is 8.42 Å². The Balaban J connectivity index is 1.73. The largest absolute Gasteiger partial charge is 0.472 e. The summed E-state index contributed by atoms with van der Waals surface area (Å²) in [6.45, 7) is 2.19. The molecule has 0 amide bonds. The van der Waals surface area contributed by atoms with Gasteiger partial charge < -0.3 is 4.42 Å². The molecule has 1 atom stereocenters. The van der Waals surface area contributed by atoms with Gasteiger partial charge in [0, 0.05) is 49.9 Å². The van der Waals surface area contributed by atoms with Crippen LogP contribution in [0.25, 0.3) is 0 Å². The van der Waals surface area contributed by atoms with Crippen LogP contribution in [0.1, 0.15) is 11.6 Å². The van der Waals surface area contributed by atoms with E-state index < -0.39 is 10.0 Å². The third kappa shape index (κ3) is 3.97. The average molecular weight is 356 g/mol. The van der Waals surface area contributed by atoms with Crippen molar-refractivity contribution >= 4 is 21.8 Å². The zero-order valence-corrected chi connectivity index (χ0v) is 14.5. The average Bonchev–Trinajstić information content (AvgIpc) is 3.20. The first kappa shape index (κ1) is 16.6. The molecule has 0 spiro atoms. The minimum absolute atomic E-state index is 0.0268. The van der Waals surface area contributed by atoms with Gasteiger partial charge in [-0.15, -0.1) is 0 Å². The molecule has 7 nitrogen and oxygen atoms in total. The van der Waals surface area contributed by atoms with E-state index in [1.165, 1.54) is 17.1 Å². The van der Waals surface area contributed by atoms with Crippen LogP contribution in [-0.4, -0.2) is 54.2 Å². The van der Waals surface area contributed by atoms with E-state index in [2.05, 4.69) is 14.7 Å². The van der Waals surface area contributed by atoms with Gasteiger partial charge in [0.1, 0.15) is 4.90 Å². The molecule has 1 aliphatic heterocycles. The Hall–Kier alpha value is -1.29. The number of hydrogen-bond donors (Lipinski definition) is 1. The van der Waals surface area contributed by atoms with E-state index in [4.69, 9.17) is 4.42 Å². The van der Waals surface area contributed by atoms with Gasteiger partial charge in [0.15, 0.2) is 0 Å². The number of thioether (sulfide) groups is 1. The fourth-order valence-corrected chi connectivity index (χ4v) is 4.57. The zero-order valence-electron chi connectivity index (χ0n) is 12.9. The Morgan fingerprint density at radius 2 is 2.22 bits per heavy atom. The highest BCUT2D eigenvalue weighted by Gasteiger charge is 2.26. The summed E-state index contributed by atoms with van der Waals surface area (Å²) in [5.74, 6) is 2.12. The molecular formula is C14H20N4O3S2. The number of sulfonamides is 1. The lowest BCUT2D eigenvalue weighted by Crippen LogP contribution is -2.41. The third-order valence-corrected chi connectivity index (χ3v) is 6.19. The summed E-state index contributed by atoms with van der Waals surface area (Å²) in [6, 6.07) is 1.87. The van der Waals surface area contributed by atoms with Crippen LogP contribution in [0.4, 0.5) is 0 Å². The van der Waals surface area contributed by atoms with Gasteiger partial charge in [-0.1, -0.05) is 0 Å². The standard InChI is InChI=1S/C14H20N4O3S2/c1-17-10-13(8-15-17)23(19,20)16-9-14(12-2-5-21-11-12)18-3-6-22-7-4-18/h2,5,8,10-11,14,16H,3-4,6-7,9H2,1H3. The molecule has 3 heterocycles. The van der Waals surface area contributed by atoms with Gasteiger partial charge in [-0.25, -0.2) is 13.1 Å². The Kier molecular flexibility index (Phi) is 5.10. The van der Waals surface area contributed by atoms with Crippen LogP contribution in [0.2, 0.25) is 0 Å². The summed E-state index contributed by atoms with van der Waals surface area (Å²) < 4.78 is 34.1. The molecule has 23 heavy (non-hydrogen) atoms. The topological polar surface area (TPSA) is 80.4 Å². The summed E-state index contributed by atoms with van der Waals surface area (Å²) in [7, 11) is -1.87. The highest BCUT2D eigenvalue weighted by atomic mass is 32.2.